The number of para-hydroxylation sites is 1. The molecule has 1 fully saturated rings. The van der Waals surface area contributed by atoms with E-state index in [1.807, 2.05) is 0 Å². The number of rotatable bonds is 5. The number of amides is 4. The SMILES string of the molecule is O=C(O)COc1c(Br)cc(C=C2C(=O)NC(=O)N(c3ccccc3)C2=O)cc1Br. The Kier molecular flexibility index (Phi) is 6.14. The summed E-state index contributed by atoms with van der Waals surface area (Å²) < 4.78 is 6.02. The first-order valence-corrected chi connectivity index (χ1v) is 9.66. The summed E-state index contributed by atoms with van der Waals surface area (Å²) in [6, 6.07) is 10.5. The van der Waals surface area contributed by atoms with Crippen LogP contribution < -0.4 is 15.0 Å². The fourth-order valence-corrected chi connectivity index (χ4v) is 4.02. The number of nitrogens with zero attached hydrogens (tertiary/aromatic N) is 1. The van der Waals surface area contributed by atoms with Crippen LogP contribution in [0.25, 0.3) is 6.08 Å². The Morgan fingerprint density at radius 1 is 1.10 bits per heavy atom. The number of imide groups is 2. The van der Waals surface area contributed by atoms with Crippen LogP contribution in [0.4, 0.5) is 10.5 Å². The molecule has 2 N–H and O–H groups in total. The van der Waals surface area contributed by atoms with Gasteiger partial charge in [0.15, 0.2) is 6.61 Å². The van der Waals surface area contributed by atoms with Gasteiger partial charge in [0.1, 0.15) is 11.3 Å². The third kappa shape index (κ3) is 4.54. The van der Waals surface area contributed by atoms with Gasteiger partial charge in [-0.1, -0.05) is 18.2 Å². The molecule has 1 aliphatic heterocycles. The first-order chi connectivity index (χ1) is 13.8. The van der Waals surface area contributed by atoms with Gasteiger partial charge in [-0.05, 0) is 67.8 Å². The van der Waals surface area contributed by atoms with Crippen molar-refractivity contribution in [1.82, 2.24) is 5.32 Å². The van der Waals surface area contributed by atoms with Gasteiger partial charge < -0.3 is 9.84 Å². The van der Waals surface area contributed by atoms with Gasteiger partial charge in [-0.2, -0.15) is 0 Å². The average Bonchev–Trinajstić information content (AvgIpc) is 2.65. The third-order valence-corrected chi connectivity index (χ3v) is 4.97. The number of anilines is 1. The maximum atomic E-state index is 12.8. The zero-order valence-electron chi connectivity index (χ0n) is 14.5. The van der Waals surface area contributed by atoms with Crippen molar-refractivity contribution in [3.8, 4) is 5.75 Å². The van der Waals surface area contributed by atoms with Crippen molar-refractivity contribution < 1.29 is 29.0 Å². The molecule has 2 aromatic carbocycles. The number of urea groups is 1. The molecule has 0 atom stereocenters. The summed E-state index contributed by atoms with van der Waals surface area (Å²) in [6.45, 7) is -0.535. The molecule has 1 heterocycles. The number of carbonyl (C=O) groups excluding carboxylic acids is 3. The van der Waals surface area contributed by atoms with E-state index in [1.165, 1.54) is 6.08 Å². The minimum Gasteiger partial charge on any atom is -0.480 e. The summed E-state index contributed by atoms with van der Waals surface area (Å²) in [7, 11) is 0. The number of carboxylic acid groups (broad SMARTS) is 1. The van der Waals surface area contributed by atoms with Crippen molar-refractivity contribution in [2.45, 2.75) is 0 Å². The average molecular weight is 524 g/mol. The van der Waals surface area contributed by atoms with E-state index in [9.17, 15) is 19.2 Å². The molecule has 0 unspecified atom stereocenters. The molecule has 1 saturated heterocycles. The van der Waals surface area contributed by atoms with Gasteiger partial charge in [-0.3, -0.25) is 14.9 Å². The molecule has 8 nitrogen and oxygen atoms in total. The smallest absolute Gasteiger partial charge is 0.341 e. The maximum absolute atomic E-state index is 12.8. The van der Waals surface area contributed by atoms with E-state index in [4.69, 9.17) is 9.84 Å². The van der Waals surface area contributed by atoms with Crippen molar-refractivity contribution in [2.75, 3.05) is 11.5 Å². The normalized spacial score (nSPS) is 15.4. The summed E-state index contributed by atoms with van der Waals surface area (Å²) in [5, 5.41) is 10.9. The Bertz CT molecular complexity index is 1030. The van der Waals surface area contributed by atoms with Gasteiger partial charge in [-0.25, -0.2) is 14.5 Å². The molecule has 0 spiro atoms. The lowest BCUT2D eigenvalue weighted by molar-refractivity contribution is -0.139. The Balaban J connectivity index is 1.96. The van der Waals surface area contributed by atoms with Crippen molar-refractivity contribution in [1.29, 1.82) is 0 Å². The molecule has 0 aromatic heterocycles. The van der Waals surface area contributed by atoms with E-state index >= 15 is 0 Å². The van der Waals surface area contributed by atoms with Gasteiger partial charge in [-0.15, -0.1) is 0 Å². The van der Waals surface area contributed by atoms with Crippen LogP contribution in [0.3, 0.4) is 0 Å². The van der Waals surface area contributed by atoms with Gasteiger partial charge >= 0.3 is 12.0 Å². The van der Waals surface area contributed by atoms with E-state index in [2.05, 4.69) is 37.2 Å². The van der Waals surface area contributed by atoms with Gasteiger partial charge in [0.05, 0.1) is 14.6 Å². The van der Waals surface area contributed by atoms with E-state index in [0.29, 0.717) is 20.2 Å². The topological polar surface area (TPSA) is 113 Å². The molecule has 0 bridgehead atoms. The van der Waals surface area contributed by atoms with Crippen LogP contribution in [0.5, 0.6) is 5.75 Å². The largest absolute Gasteiger partial charge is 0.480 e. The first-order valence-electron chi connectivity index (χ1n) is 8.08. The summed E-state index contributed by atoms with van der Waals surface area (Å²) in [4.78, 5) is 48.8. The molecule has 2 aromatic rings. The predicted molar refractivity (Wildman–Crippen MR) is 110 cm³/mol. The van der Waals surface area contributed by atoms with Gasteiger partial charge in [0.2, 0.25) is 0 Å². The van der Waals surface area contributed by atoms with Gasteiger partial charge in [0, 0.05) is 0 Å². The zero-order chi connectivity index (χ0) is 21.1. The Labute approximate surface area is 181 Å². The molecule has 4 amide bonds. The minimum atomic E-state index is -1.13. The second-order valence-corrected chi connectivity index (χ2v) is 7.50. The highest BCUT2D eigenvalue weighted by Crippen LogP contribution is 2.35. The highest BCUT2D eigenvalue weighted by molar-refractivity contribution is 9.11. The number of halogens is 2. The number of ether oxygens (including phenoxy) is 1. The lowest BCUT2D eigenvalue weighted by atomic mass is 10.1. The lowest BCUT2D eigenvalue weighted by Crippen LogP contribution is -2.54. The minimum absolute atomic E-state index is 0.230. The number of hydrogen-bond acceptors (Lipinski definition) is 5. The summed E-state index contributed by atoms with van der Waals surface area (Å²) in [6.07, 6.45) is 1.33. The summed E-state index contributed by atoms with van der Waals surface area (Å²) >= 11 is 6.55. The summed E-state index contributed by atoms with van der Waals surface area (Å²) in [5.41, 5.74) is 0.548. The number of carboxylic acids is 1. The molecule has 148 valence electrons. The highest BCUT2D eigenvalue weighted by atomic mass is 79.9. The molecular weight excluding hydrogens is 512 g/mol. The number of carbonyl (C=O) groups is 4. The second-order valence-electron chi connectivity index (χ2n) is 5.79. The molecule has 1 aliphatic rings. The monoisotopic (exact) mass is 522 g/mol. The molecular formula is C19H12Br2N2O6. The van der Waals surface area contributed by atoms with Crippen LogP contribution in [-0.4, -0.2) is 35.5 Å². The molecule has 10 heteroatoms. The Hall–Kier alpha value is -2.98. The standard InChI is InChI=1S/C19H12Br2N2O6/c20-13-7-10(8-14(21)16(13)29-9-15(24)25)6-12-17(26)22-19(28)23(18(12)27)11-4-2-1-3-5-11/h1-8H,9H2,(H,24,25)(H,22,26,28). The molecule has 0 aliphatic carbocycles. The third-order valence-electron chi connectivity index (χ3n) is 3.79. The van der Waals surface area contributed by atoms with Crippen LogP contribution in [0.1, 0.15) is 5.56 Å². The molecule has 29 heavy (non-hydrogen) atoms. The second kappa shape index (κ2) is 8.58. The number of aliphatic carboxylic acids is 1. The highest BCUT2D eigenvalue weighted by Gasteiger charge is 2.36. The predicted octanol–water partition coefficient (Wildman–Crippen LogP) is 3.34. The molecule has 0 radical (unpaired) electrons. The lowest BCUT2D eigenvalue weighted by Gasteiger charge is -2.26. The van der Waals surface area contributed by atoms with Crippen LogP contribution in [-0.2, 0) is 14.4 Å². The van der Waals surface area contributed by atoms with E-state index in [1.54, 1.807) is 42.5 Å². The Morgan fingerprint density at radius 2 is 1.72 bits per heavy atom. The van der Waals surface area contributed by atoms with Crippen molar-refractivity contribution >= 4 is 67.4 Å². The zero-order valence-corrected chi connectivity index (χ0v) is 17.7. The fraction of sp³-hybridized carbons (Fsp3) is 0.0526. The van der Waals surface area contributed by atoms with Crippen LogP contribution in [0, 0.1) is 0 Å². The van der Waals surface area contributed by atoms with Crippen molar-refractivity contribution in [2.24, 2.45) is 0 Å². The van der Waals surface area contributed by atoms with E-state index in [0.717, 1.165) is 4.90 Å². The van der Waals surface area contributed by atoms with E-state index < -0.39 is 30.4 Å². The molecule has 0 saturated carbocycles. The van der Waals surface area contributed by atoms with Crippen LogP contribution in [0.15, 0.2) is 57.0 Å². The number of nitrogens with one attached hydrogen (secondary N) is 1. The maximum Gasteiger partial charge on any atom is 0.341 e. The number of barbiturate groups is 1. The first kappa shape index (κ1) is 20.7. The fourth-order valence-electron chi connectivity index (χ4n) is 2.57. The summed E-state index contributed by atoms with van der Waals surface area (Å²) in [5.74, 6) is -2.45. The quantitative estimate of drug-likeness (QED) is 0.459. The Morgan fingerprint density at radius 3 is 2.31 bits per heavy atom. The van der Waals surface area contributed by atoms with Gasteiger partial charge in [0.25, 0.3) is 11.8 Å². The number of hydrogen-bond donors (Lipinski definition) is 2. The van der Waals surface area contributed by atoms with Crippen molar-refractivity contribution in [3.63, 3.8) is 0 Å². The number of benzene rings is 2. The van der Waals surface area contributed by atoms with Crippen LogP contribution >= 0.6 is 31.9 Å². The van der Waals surface area contributed by atoms with E-state index in [-0.39, 0.29) is 11.3 Å². The van der Waals surface area contributed by atoms with Crippen LogP contribution in [0.2, 0.25) is 0 Å². The molecule has 3 rings (SSSR count). The van der Waals surface area contributed by atoms with Crippen molar-refractivity contribution in [3.05, 3.63) is 62.5 Å².